The van der Waals surface area contributed by atoms with Crippen LogP contribution >= 0.6 is 0 Å². The topological polar surface area (TPSA) is 36.7 Å². The van der Waals surface area contributed by atoms with Crippen molar-refractivity contribution in [3.8, 4) is 0 Å². The van der Waals surface area contributed by atoms with Crippen molar-refractivity contribution in [2.24, 2.45) is 0 Å². The van der Waals surface area contributed by atoms with E-state index in [1.54, 1.807) is 0 Å². The summed E-state index contributed by atoms with van der Waals surface area (Å²) >= 11 is 0. The predicted octanol–water partition coefficient (Wildman–Crippen LogP) is 3.92. The van der Waals surface area contributed by atoms with Gasteiger partial charge in [-0.2, -0.15) is 0 Å². The van der Waals surface area contributed by atoms with Crippen LogP contribution in [0.25, 0.3) is 0 Å². The van der Waals surface area contributed by atoms with Gasteiger partial charge in [0.25, 0.3) is 0 Å². The van der Waals surface area contributed by atoms with E-state index in [2.05, 4.69) is 29.2 Å². The zero-order chi connectivity index (χ0) is 17.2. The molecule has 4 nitrogen and oxygen atoms in total. The molecular formula is C21H26N2O2. The van der Waals surface area contributed by atoms with Crippen LogP contribution in [0.2, 0.25) is 0 Å². The molecule has 1 saturated heterocycles. The molecule has 1 aliphatic heterocycles. The van der Waals surface area contributed by atoms with E-state index in [0.717, 1.165) is 43.7 Å². The number of likely N-dealkylation sites (tertiary alicyclic amines) is 1. The van der Waals surface area contributed by atoms with Gasteiger partial charge in [-0.05, 0) is 56.8 Å². The highest BCUT2D eigenvalue weighted by Gasteiger charge is 2.35. The molecule has 1 saturated carbocycles. The smallest absolute Gasteiger partial charge is 0.237 e. The summed E-state index contributed by atoms with van der Waals surface area (Å²) in [7, 11) is 0. The van der Waals surface area contributed by atoms with Crippen LogP contribution in [0.1, 0.15) is 48.8 Å². The molecule has 132 valence electrons. The molecule has 4 heteroatoms. The number of amides is 1. The number of carbonyl (C=O) groups is 1. The third-order valence-corrected chi connectivity index (χ3v) is 5.32. The number of carbonyl (C=O) groups excluding carboxylic acids is 1. The second kappa shape index (κ2) is 7.04. The van der Waals surface area contributed by atoms with Crippen molar-refractivity contribution in [3.05, 3.63) is 59.5 Å². The molecule has 1 amide bonds. The van der Waals surface area contributed by atoms with Crippen molar-refractivity contribution in [2.45, 2.75) is 51.2 Å². The van der Waals surface area contributed by atoms with Crippen molar-refractivity contribution in [3.63, 3.8) is 0 Å². The molecule has 0 radical (unpaired) electrons. The van der Waals surface area contributed by atoms with Gasteiger partial charge in [0.15, 0.2) is 0 Å². The van der Waals surface area contributed by atoms with E-state index >= 15 is 0 Å². The number of rotatable bonds is 6. The Morgan fingerprint density at radius 2 is 1.96 bits per heavy atom. The number of hydrogen-bond donors (Lipinski definition) is 0. The highest BCUT2D eigenvalue weighted by molar-refractivity contribution is 5.79. The van der Waals surface area contributed by atoms with Crippen LogP contribution in [0.4, 0.5) is 0 Å². The lowest BCUT2D eigenvalue weighted by Crippen LogP contribution is -2.41. The standard InChI is InChI=1S/C21H26N2O2/c1-16-9-12-19(25-16)14-23(18-10-11-18)21(24)15-22-13-5-8-20(22)17-6-3-2-4-7-17/h2-4,6-7,9,12,18,20H,5,8,10-11,13-15H2,1H3. The van der Waals surface area contributed by atoms with E-state index in [1.807, 2.05) is 30.0 Å². The van der Waals surface area contributed by atoms with Crippen molar-refractivity contribution >= 4 is 5.91 Å². The summed E-state index contributed by atoms with van der Waals surface area (Å²) in [5, 5.41) is 0. The Bertz CT molecular complexity index is 721. The van der Waals surface area contributed by atoms with Crippen LogP contribution in [0.3, 0.4) is 0 Å². The summed E-state index contributed by atoms with van der Waals surface area (Å²) in [6.07, 6.45) is 4.53. The molecule has 2 aliphatic rings. The number of benzene rings is 1. The zero-order valence-corrected chi connectivity index (χ0v) is 14.9. The van der Waals surface area contributed by atoms with Crippen LogP contribution in [-0.2, 0) is 11.3 Å². The van der Waals surface area contributed by atoms with Gasteiger partial charge in [-0.15, -0.1) is 0 Å². The molecule has 2 fully saturated rings. The fraction of sp³-hybridized carbons (Fsp3) is 0.476. The maximum Gasteiger partial charge on any atom is 0.237 e. The first-order valence-corrected chi connectivity index (χ1v) is 9.34. The fourth-order valence-corrected chi connectivity index (χ4v) is 3.88. The summed E-state index contributed by atoms with van der Waals surface area (Å²) in [6.45, 7) is 4.06. The number of furan rings is 1. The number of hydrogen-bond acceptors (Lipinski definition) is 3. The highest BCUT2D eigenvalue weighted by Crippen LogP contribution is 2.33. The third-order valence-electron chi connectivity index (χ3n) is 5.32. The molecule has 0 bridgehead atoms. The van der Waals surface area contributed by atoms with Gasteiger partial charge >= 0.3 is 0 Å². The van der Waals surface area contributed by atoms with Gasteiger partial charge < -0.3 is 9.32 Å². The molecular weight excluding hydrogens is 312 g/mol. The van der Waals surface area contributed by atoms with E-state index in [-0.39, 0.29) is 5.91 Å². The normalized spacial score (nSPS) is 20.8. The van der Waals surface area contributed by atoms with Gasteiger partial charge in [0.1, 0.15) is 11.5 Å². The Morgan fingerprint density at radius 1 is 1.16 bits per heavy atom. The fourth-order valence-electron chi connectivity index (χ4n) is 3.88. The zero-order valence-electron chi connectivity index (χ0n) is 14.9. The molecule has 1 atom stereocenters. The molecule has 4 rings (SSSR count). The molecule has 1 aliphatic carbocycles. The van der Waals surface area contributed by atoms with E-state index < -0.39 is 0 Å². The van der Waals surface area contributed by atoms with Gasteiger partial charge in [-0.25, -0.2) is 0 Å². The monoisotopic (exact) mass is 338 g/mol. The molecule has 1 aromatic heterocycles. The Hall–Kier alpha value is -2.07. The maximum absolute atomic E-state index is 13.0. The van der Waals surface area contributed by atoms with Crippen LogP contribution in [0.15, 0.2) is 46.9 Å². The minimum atomic E-state index is 0.236. The van der Waals surface area contributed by atoms with E-state index in [9.17, 15) is 4.79 Å². The van der Waals surface area contributed by atoms with E-state index in [1.165, 1.54) is 5.56 Å². The Labute approximate surface area is 149 Å². The van der Waals surface area contributed by atoms with Gasteiger partial charge in [0.05, 0.1) is 13.1 Å². The lowest BCUT2D eigenvalue weighted by Gasteiger charge is -2.28. The summed E-state index contributed by atoms with van der Waals surface area (Å²) < 4.78 is 5.70. The van der Waals surface area contributed by atoms with Crippen LogP contribution < -0.4 is 0 Å². The first-order valence-electron chi connectivity index (χ1n) is 9.34. The summed E-state index contributed by atoms with van der Waals surface area (Å²) in [6, 6.07) is 15.3. The lowest BCUT2D eigenvalue weighted by atomic mass is 10.0. The largest absolute Gasteiger partial charge is 0.464 e. The first kappa shape index (κ1) is 16.4. The molecule has 25 heavy (non-hydrogen) atoms. The van der Waals surface area contributed by atoms with Crippen molar-refractivity contribution in [1.82, 2.24) is 9.80 Å². The Morgan fingerprint density at radius 3 is 2.64 bits per heavy atom. The molecule has 2 heterocycles. The SMILES string of the molecule is Cc1ccc(CN(C(=O)CN2CCCC2c2ccccc2)C2CC2)o1. The van der Waals surface area contributed by atoms with E-state index in [4.69, 9.17) is 4.42 Å². The summed E-state index contributed by atoms with van der Waals surface area (Å²) in [5.41, 5.74) is 1.33. The summed E-state index contributed by atoms with van der Waals surface area (Å²) in [4.78, 5) is 17.4. The van der Waals surface area contributed by atoms with Crippen LogP contribution in [-0.4, -0.2) is 34.8 Å². The molecule has 1 unspecified atom stereocenters. The molecule has 0 spiro atoms. The van der Waals surface area contributed by atoms with Crippen molar-refractivity contribution in [1.29, 1.82) is 0 Å². The Kier molecular flexibility index (Phi) is 4.62. The quantitative estimate of drug-likeness (QED) is 0.801. The molecule has 2 aromatic rings. The molecule has 0 N–H and O–H groups in total. The third kappa shape index (κ3) is 3.79. The maximum atomic E-state index is 13.0. The van der Waals surface area contributed by atoms with Gasteiger partial charge in [-0.1, -0.05) is 30.3 Å². The van der Waals surface area contributed by atoms with E-state index in [0.29, 0.717) is 25.2 Å². The van der Waals surface area contributed by atoms with Gasteiger partial charge in [-0.3, -0.25) is 9.69 Å². The first-order chi connectivity index (χ1) is 12.2. The van der Waals surface area contributed by atoms with Gasteiger partial charge in [0.2, 0.25) is 5.91 Å². The highest BCUT2D eigenvalue weighted by atomic mass is 16.3. The Balaban J connectivity index is 1.44. The average Bonchev–Trinajstić information content (AvgIpc) is 3.22. The second-order valence-electron chi connectivity index (χ2n) is 7.30. The summed E-state index contributed by atoms with van der Waals surface area (Å²) in [5.74, 6) is 2.03. The number of aryl methyl sites for hydroxylation is 1. The van der Waals surface area contributed by atoms with Crippen LogP contribution in [0.5, 0.6) is 0 Å². The number of nitrogens with zero attached hydrogens (tertiary/aromatic N) is 2. The van der Waals surface area contributed by atoms with Gasteiger partial charge in [0, 0.05) is 12.1 Å². The lowest BCUT2D eigenvalue weighted by molar-refractivity contribution is -0.134. The van der Waals surface area contributed by atoms with Crippen molar-refractivity contribution < 1.29 is 9.21 Å². The van der Waals surface area contributed by atoms with Crippen molar-refractivity contribution in [2.75, 3.05) is 13.1 Å². The second-order valence-corrected chi connectivity index (χ2v) is 7.30. The minimum Gasteiger partial charge on any atom is -0.464 e. The predicted molar refractivity (Wildman–Crippen MR) is 97.0 cm³/mol. The average molecular weight is 338 g/mol. The molecule has 1 aromatic carbocycles. The van der Waals surface area contributed by atoms with Crippen LogP contribution in [0, 0.1) is 6.92 Å². The minimum absolute atomic E-state index is 0.236.